The number of fused-ring (bicyclic) bond motifs is 1. The van der Waals surface area contributed by atoms with Gasteiger partial charge in [0.25, 0.3) is 0 Å². The third-order valence-electron chi connectivity index (χ3n) is 4.69. The Morgan fingerprint density at radius 3 is 2.79 bits per heavy atom. The van der Waals surface area contributed by atoms with E-state index in [-0.39, 0.29) is 0 Å². The van der Waals surface area contributed by atoms with Crippen LogP contribution in [0.15, 0.2) is 24.3 Å². The highest BCUT2D eigenvalue weighted by molar-refractivity contribution is 5.73. The first-order valence-corrected chi connectivity index (χ1v) is 7.54. The van der Waals surface area contributed by atoms with Crippen molar-refractivity contribution < 1.29 is 0 Å². The number of anilines is 2. The molecule has 0 spiro atoms. The highest BCUT2D eigenvalue weighted by Crippen LogP contribution is 2.32. The van der Waals surface area contributed by atoms with Crippen LogP contribution in [-0.4, -0.2) is 39.3 Å². The van der Waals surface area contributed by atoms with Crippen molar-refractivity contribution in [3.05, 3.63) is 24.3 Å². The van der Waals surface area contributed by atoms with Gasteiger partial charge in [-0.2, -0.15) is 0 Å². The molecule has 2 aliphatic rings. The summed E-state index contributed by atoms with van der Waals surface area (Å²) in [5.41, 5.74) is 2.77. The smallest absolute Gasteiger partial charge is 0.0605 e. The molecule has 2 aliphatic heterocycles. The first-order valence-electron chi connectivity index (χ1n) is 7.54. The zero-order valence-corrected chi connectivity index (χ0v) is 12.1. The minimum atomic E-state index is 0.644. The fourth-order valence-electron chi connectivity index (χ4n) is 3.35. The van der Waals surface area contributed by atoms with Gasteiger partial charge >= 0.3 is 0 Å². The molecule has 104 valence electrons. The number of hydrogen-bond donors (Lipinski definition) is 1. The summed E-state index contributed by atoms with van der Waals surface area (Å²) in [7, 11) is 2.19. The Morgan fingerprint density at radius 1 is 1.21 bits per heavy atom. The van der Waals surface area contributed by atoms with Crippen LogP contribution in [-0.2, 0) is 0 Å². The number of benzene rings is 1. The molecule has 1 fully saturated rings. The fourth-order valence-corrected chi connectivity index (χ4v) is 3.35. The van der Waals surface area contributed by atoms with Gasteiger partial charge in [-0.1, -0.05) is 19.1 Å². The molecule has 1 aromatic carbocycles. The quantitative estimate of drug-likeness (QED) is 0.879. The minimum Gasteiger partial charge on any atom is -0.371 e. The molecule has 3 heteroatoms. The van der Waals surface area contributed by atoms with Crippen LogP contribution in [0.5, 0.6) is 0 Å². The molecule has 3 rings (SSSR count). The van der Waals surface area contributed by atoms with Crippen molar-refractivity contribution in [2.24, 2.45) is 5.92 Å². The van der Waals surface area contributed by atoms with Crippen LogP contribution in [0.25, 0.3) is 0 Å². The lowest BCUT2D eigenvalue weighted by Crippen LogP contribution is -2.50. The summed E-state index contributed by atoms with van der Waals surface area (Å²) in [5, 5.41) is 3.70. The zero-order chi connectivity index (χ0) is 13.2. The van der Waals surface area contributed by atoms with Crippen molar-refractivity contribution in [2.75, 3.05) is 43.0 Å². The van der Waals surface area contributed by atoms with E-state index in [0.717, 1.165) is 25.6 Å². The molecule has 2 heterocycles. The molecule has 0 aliphatic carbocycles. The predicted molar refractivity (Wildman–Crippen MR) is 82.1 cm³/mol. The van der Waals surface area contributed by atoms with Crippen molar-refractivity contribution in [3.8, 4) is 0 Å². The van der Waals surface area contributed by atoms with Gasteiger partial charge in [-0.05, 0) is 37.4 Å². The van der Waals surface area contributed by atoms with E-state index in [4.69, 9.17) is 0 Å². The van der Waals surface area contributed by atoms with E-state index in [1.165, 1.54) is 30.8 Å². The normalized spacial score (nSPS) is 27.3. The molecule has 2 atom stereocenters. The van der Waals surface area contributed by atoms with Crippen molar-refractivity contribution in [1.29, 1.82) is 0 Å². The molecule has 1 aromatic rings. The van der Waals surface area contributed by atoms with Gasteiger partial charge in [0, 0.05) is 32.7 Å². The second-order valence-electron chi connectivity index (χ2n) is 6.04. The van der Waals surface area contributed by atoms with E-state index in [0.29, 0.717) is 6.04 Å². The van der Waals surface area contributed by atoms with Crippen LogP contribution in [0.2, 0.25) is 0 Å². The molecule has 2 unspecified atom stereocenters. The Bertz CT molecular complexity index is 432. The molecule has 0 saturated carbocycles. The summed E-state index contributed by atoms with van der Waals surface area (Å²) in [6.45, 7) is 6.98. The number of likely N-dealkylation sites (N-methyl/N-ethyl adjacent to an activating group) is 1. The highest BCUT2D eigenvalue weighted by atomic mass is 15.3. The number of piperidine rings is 1. The molecule has 0 aromatic heterocycles. The van der Waals surface area contributed by atoms with Gasteiger partial charge in [-0.15, -0.1) is 0 Å². The van der Waals surface area contributed by atoms with Crippen LogP contribution in [0, 0.1) is 5.92 Å². The van der Waals surface area contributed by atoms with E-state index < -0.39 is 0 Å². The standard InChI is InChI=1S/C16H25N3/c1-13-6-5-9-17-14(13)12-19-11-10-18(2)15-7-3-4-8-16(15)19/h3-4,7-8,13-14,17H,5-6,9-12H2,1-2H3. The maximum atomic E-state index is 3.70. The van der Waals surface area contributed by atoms with Crippen molar-refractivity contribution in [2.45, 2.75) is 25.8 Å². The fraction of sp³-hybridized carbons (Fsp3) is 0.625. The molecular formula is C16H25N3. The summed E-state index contributed by atoms with van der Waals surface area (Å²) < 4.78 is 0. The van der Waals surface area contributed by atoms with Gasteiger partial charge in [0.05, 0.1) is 11.4 Å². The van der Waals surface area contributed by atoms with Crippen LogP contribution < -0.4 is 15.1 Å². The number of para-hydroxylation sites is 2. The topological polar surface area (TPSA) is 18.5 Å². The summed E-state index contributed by atoms with van der Waals surface area (Å²) in [4.78, 5) is 4.93. The Hall–Kier alpha value is -1.22. The number of nitrogens with one attached hydrogen (secondary N) is 1. The van der Waals surface area contributed by atoms with Gasteiger partial charge in [0.2, 0.25) is 0 Å². The average molecular weight is 259 g/mol. The Labute approximate surface area is 116 Å². The van der Waals surface area contributed by atoms with Crippen LogP contribution in [0.1, 0.15) is 19.8 Å². The van der Waals surface area contributed by atoms with Crippen LogP contribution >= 0.6 is 0 Å². The molecule has 0 bridgehead atoms. The highest BCUT2D eigenvalue weighted by Gasteiger charge is 2.26. The monoisotopic (exact) mass is 259 g/mol. The van der Waals surface area contributed by atoms with Gasteiger partial charge in [-0.3, -0.25) is 0 Å². The summed E-state index contributed by atoms with van der Waals surface area (Å²) in [6.07, 6.45) is 2.70. The Morgan fingerprint density at radius 2 is 2.00 bits per heavy atom. The third-order valence-corrected chi connectivity index (χ3v) is 4.69. The molecule has 1 saturated heterocycles. The van der Waals surface area contributed by atoms with Crippen LogP contribution in [0.3, 0.4) is 0 Å². The Balaban J connectivity index is 1.77. The summed E-state index contributed by atoms with van der Waals surface area (Å²) >= 11 is 0. The number of hydrogen-bond acceptors (Lipinski definition) is 3. The predicted octanol–water partition coefficient (Wildman–Crippen LogP) is 2.33. The zero-order valence-electron chi connectivity index (χ0n) is 12.1. The van der Waals surface area contributed by atoms with Gasteiger partial charge in [0.15, 0.2) is 0 Å². The lowest BCUT2D eigenvalue weighted by atomic mass is 9.92. The summed E-state index contributed by atoms with van der Waals surface area (Å²) in [6, 6.07) is 9.44. The maximum Gasteiger partial charge on any atom is 0.0605 e. The van der Waals surface area contributed by atoms with Gasteiger partial charge < -0.3 is 15.1 Å². The number of rotatable bonds is 2. The van der Waals surface area contributed by atoms with Gasteiger partial charge in [0.1, 0.15) is 0 Å². The minimum absolute atomic E-state index is 0.644. The first kappa shape index (κ1) is 12.8. The average Bonchev–Trinajstić information content (AvgIpc) is 2.44. The third kappa shape index (κ3) is 2.57. The van der Waals surface area contributed by atoms with E-state index in [2.05, 4.69) is 53.4 Å². The first-order chi connectivity index (χ1) is 9.25. The van der Waals surface area contributed by atoms with E-state index in [1.807, 2.05) is 0 Å². The van der Waals surface area contributed by atoms with E-state index >= 15 is 0 Å². The molecule has 0 amide bonds. The van der Waals surface area contributed by atoms with Crippen molar-refractivity contribution in [3.63, 3.8) is 0 Å². The lowest BCUT2D eigenvalue weighted by molar-refractivity contribution is 0.301. The van der Waals surface area contributed by atoms with Crippen LogP contribution in [0.4, 0.5) is 11.4 Å². The largest absolute Gasteiger partial charge is 0.371 e. The maximum absolute atomic E-state index is 3.70. The Kier molecular flexibility index (Phi) is 3.65. The molecule has 19 heavy (non-hydrogen) atoms. The van der Waals surface area contributed by atoms with Crippen molar-refractivity contribution >= 4 is 11.4 Å². The second kappa shape index (κ2) is 5.41. The van der Waals surface area contributed by atoms with E-state index in [1.54, 1.807) is 0 Å². The van der Waals surface area contributed by atoms with Crippen molar-refractivity contribution in [1.82, 2.24) is 5.32 Å². The molecular weight excluding hydrogens is 234 g/mol. The number of nitrogens with zero attached hydrogens (tertiary/aromatic N) is 2. The van der Waals surface area contributed by atoms with E-state index in [9.17, 15) is 0 Å². The van der Waals surface area contributed by atoms with Gasteiger partial charge in [-0.25, -0.2) is 0 Å². The molecule has 0 radical (unpaired) electrons. The lowest BCUT2D eigenvalue weighted by Gasteiger charge is -2.41. The SMILES string of the molecule is CC1CCCNC1CN1CCN(C)c2ccccc21. The molecule has 3 nitrogen and oxygen atoms in total. The molecule has 1 N–H and O–H groups in total. The summed E-state index contributed by atoms with van der Waals surface area (Å²) in [5.74, 6) is 0.792. The second-order valence-corrected chi connectivity index (χ2v) is 6.04.